The number of aryl methyl sites for hydroxylation is 2. The van der Waals surface area contributed by atoms with Gasteiger partial charge < -0.3 is 9.47 Å². The molecule has 0 fully saturated rings. The molecule has 2 heterocycles. The van der Waals surface area contributed by atoms with Crippen LogP contribution < -0.4 is 9.47 Å². The van der Waals surface area contributed by atoms with Crippen molar-refractivity contribution in [1.82, 2.24) is 9.80 Å². The number of unbranched alkanes of at least 4 members (excludes halogenated alkanes) is 26. The summed E-state index contributed by atoms with van der Waals surface area (Å²) in [6, 6.07) is 36.4. The third kappa shape index (κ3) is 13.1. The molecule has 2 aliphatic heterocycles. The molecule has 0 saturated heterocycles. The molecule has 0 atom stereocenters. The molecule has 8 heteroatoms. The van der Waals surface area contributed by atoms with Crippen LogP contribution in [0.5, 0.6) is 11.5 Å². The molecule has 14 aromatic rings. The highest BCUT2D eigenvalue weighted by Gasteiger charge is 2.42. The molecule has 0 bridgehead atoms. The van der Waals surface area contributed by atoms with Gasteiger partial charge in [0.25, 0.3) is 23.6 Å². The maximum Gasteiger partial charge on any atom is 0.261 e. The summed E-state index contributed by atoms with van der Waals surface area (Å²) in [7, 11) is 0. The summed E-state index contributed by atoms with van der Waals surface area (Å²) >= 11 is 0. The molecular weight excluding hydrogens is 1350 g/mol. The van der Waals surface area contributed by atoms with E-state index < -0.39 is 0 Å². The number of carbonyl (C=O) groups is 4. The molecular formula is C102H118N2O6. The van der Waals surface area contributed by atoms with Crippen LogP contribution in [0.2, 0.25) is 0 Å². The Balaban J connectivity index is 0.863. The van der Waals surface area contributed by atoms with Crippen LogP contribution in [0, 0.1) is 13.8 Å². The van der Waals surface area contributed by atoms with Gasteiger partial charge in [0.05, 0.1) is 24.3 Å². The Labute approximate surface area is 652 Å². The second-order valence-corrected chi connectivity index (χ2v) is 33.9. The van der Waals surface area contributed by atoms with Crippen LogP contribution in [0.25, 0.3) is 140 Å². The fourth-order valence-electron chi connectivity index (χ4n) is 21.0. The van der Waals surface area contributed by atoms with Gasteiger partial charge in [-0.25, -0.2) is 0 Å². The summed E-state index contributed by atoms with van der Waals surface area (Å²) in [5, 5.41) is 29.1. The van der Waals surface area contributed by atoms with Gasteiger partial charge in [0.2, 0.25) is 0 Å². The minimum Gasteiger partial charge on any atom is -0.493 e. The monoisotopic (exact) mass is 1470 g/mol. The van der Waals surface area contributed by atoms with Crippen molar-refractivity contribution in [2.75, 3.05) is 13.2 Å². The number of hydrogen-bond acceptors (Lipinski definition) is 6. The van der Waals surface area contributed by atoms with Gasteiger partial charge in [-0.05, 0) is 201 Å². The topological polar surface area (TPSA) is 93.2 Å². The van der Waals surface area contributed by atoms with Gasteiger partial charge in [0.15, 0.2) is 0 Å². The molecule has 0 spiro atoms. The molecule has 8 nitrogen and oxygen atoms in total. The SMILES string of the molecule is CCCCCCCCOc1cc2c3c(cc(OCCCCCCCC)c4c5ccc6c7ccc8c9ccc%10c%11c(C)cc%12c%13c(cc(C)c(c%14ccc(c%15ccc(c%16ccc(c1c34)c5c%166)c7c%158)c9c%14%10)c%13%11)C(=O)N(C(CCCCCCC)CCCCCCC)C%12=O)C(=O)N(C(CCCCCCC)CCCCCCC)C2=O. The molecule has 0 unspecified atom stereocenters. The van der Waals surface area contributed by atoms with E-state index in [1.54, 1.807) is 9.80 Å². The molecule has 0 aromatic heterocycles. The Morgan fingerprint density at radius 1 is 0.236 bits per heavy atom. The molecule has 0 saturated carbocycles. The third-order valence-electron chi connectivity index (χ3n) is 26.5. The molecule has 14 aromatic carbocycles. The highest BCUT2D eigenvalue weighted by molar-refractivity contribution is 6.50. The summed E-state index contributed by atoms with van der Waals surface area (Å²) in [4.78, 5) is 66.1. The average molecular weight is 1470 g/mol. The molecule has 0 aliphatic carbocycles. The first-order valence-electron chi connectivity index (χ1n) is 44.1. The zero-order valence-electron chi connectivity index (χ0n) is 67.6. The van der Waals surface area contributed by atoms with Crippen molar-refractivity contribution in [2.45, 2.75) is 299 Å². The Kier molecular flexibility index (Phi) is 22.6. The number of hydrogen-bond donors (Lipinski definition) is 0. The van der Waals surface area contributed by atoms with E-state index in [4.69, 9.17) is 9.47 Å². The van der Waals surface area contributed by atoms with Crippen molar-refractivity contribution in [3.05, 3.63) is 130 Å². The Morgan fingerprint density at radius 2 is 0.455 bits per heavy atom. The number of fused-ring (bicyclic) bond motifs is 8. The second kappa shape index (κ2) is 33.0. The van der Waals surface area contributed by atoms with Crippen molar-refractivity contribution in [1.29, 1.82) is 0 Å². The van der Waals surface area contributed by atoms with Gasteiger partial charge in [-0.15, -0.1) is 0 Å². The van der Waals surface area contributed by atoms with Crippen LogP contribution in [0.1, 0.15) is 325 Å². The Bertz CT molecular complexity index is 5440. The van der Waals surface area contributed by atoms with Crippen LogP contribution >= 0.6 is 0 Å². The Hall–Kier alpha value is -8.62. The molecule has 572 valence electrons. The van der Waals surface area contributed by atoms with E-state index in [-0.39, 0.29) is 35.7 Å². The van der Waals surface area contributed by atoms with E-state index in [9.17, 15) is 0 Å². The third-order valence-corrected chi connectivity index (χ3v) is 26.5. The van der Waals surface area contributed by atoms with E-state index in [2.05, 4.69) is 152 Å². The van der Waals surface area contributed by atoms with E-state index >= 15 is 19.2 Å². The largest absolute Gasteiger partial charge is 0.493 e. The van der Waals surface area contributed by atoms with Gasteiger partial charge in [0, 0.05) is 50.1 Å². The van der Waals surface area contributed by atoms with Crippen LogP contribution in [-0.2, 0) is 0 Å². The lowest BCUT2D eigenvalue weighted by atomic mass is 9.78. The van der Waals surface area contributed by atoms with Crippen LogP contribution in [-0.4, -0.2) is 58.7 Å². The zero-order valence-corrected chi connectivity index (χ0v) is 67.6. The minimum absolute atomic E-state index is 0.125. The maximum atomic E-state index is 16.0. The van der Waals surface area contributed by atoms with Crippen LogP contribution in [0.3, 0.4) is 0 Å². The molecule has 0 radical (unpaired) electrons. The highest BCUT2D eigenvalue weighted by Crippen LogP contribution is 2.57. The lowest BCUT2D eigenvalue weighted by molar-refractivity contribution is 0.0501. The zero-order chi connectivity index (χ0) is 75.8. The normalized spacial score (nSPS) is 13.8. The summed E-state index contributed by atoms with van der Waals surface area (Å²) in [5.74, 6) is 0.777. The predicted molar refractivity (Wildman–Crippen MR) is 468 cm³/mol. The van der Waals surface area contributed by atoms with Crippen LogP contribution in [0.15, 0.2) is 97.1 Å². The first-order valence-corrected chi connectivity index (χ1v) is 44.1. The van der Waals surface area contributed by atoms with Crippen molar-refractivity contribution < 1.29 is 28.7 Å². The first-order chi connectivity index (χ1) is 54.0. The van der Waals surface area contributed by atoms with E-state index in [0.29, 0.717) is 47.0 Å². The number of benzene rings is 14. The number of ether oxygens (including phenoxy) is 2. The summed E-state index contributed by atoms with van der Waals surface area (Å²) in [5.41, 5.74) is 4.60. The molecule has 4 amide bonds. The van der Waals surface area contributed by atoms with Crippen molar-refractivity contribution in [3.63, 3.8) is 0 Å². The second-order valence-electron chi connectivity index (χ2n) is 33.9. The molecule has 0 N–H and O–H groups in total. The van der Waals surface area contributed by atoms with Gasteiger partial charge in [-0.1, -0.05) is 307 Å². The maximum absolute atomic E-state index is 16.0. The predicted octanol–water partition coefficient (Wildman–Crippen LogP) is 29.9. The van der Waals surface area contributed by atoms with E-state index in [0.717, 1.165) is 210 Å². The number of amides is 4. The lowest BCUT2D eigenvalue weighted by Crippen LogP contribution is -2.47. The van der Waals surface area contributed by atoms with Gasteiger partial charge >= 0.3 is 0 Å². The molecule has 16 rings (SSSR count). The fourth-order valence-corrected chi connectivity index (χ4v) is 21.0. The van der Waals surface area contributed by atoms with E-state index in [1.165, 1.54) is 173 Å². The number of imide groups is 2. The van der Waals surface area contributed by atoms with Crippen molar-refractivity contribution in [3.8, 4) is 11.5 Å². The van der Waals surface area contributed by atoms with Crippen molar-refractivity contribution in [2.24, 2.45) is 0 Å². The Morgan fingerprint density at radius 3 is 0.736 bits per heavy atom. The quantitative estimate of drug-likeness (QED) is 0.0164. The lowest BCUT2D eigenvalue weighted by Gasteiger charge is -2.35. The highest BCUT2D eigenvalue weighted by atomic mass is 16.5. The first kappa shape index (κ1) is 75.4. The number of rotatable bonds is 42. The van der Waals surface area contributed by atoms with E-state index in [1.807, 2.05) is 0 Å². The van der Waals surface area contributed by atoms with Crippen LogP contribution in [0.4, 0.5) is 0 Å². The average Bonchev–Trinajstić information content (AvgIpc) is 0.673. The summed E-state index contributed by atoms with van der Waals surface area (Å²) in [6.07, 6.45) is 39.5. The summed E-state index contributed by atoms with van der Waals surface area (Å²) < 4.78 is 14.5. The fraction of sp³-hybridized carbons (Fsp3) is 0.471. The van der Waals surface area contributed by atoms with Gasteiger partial charge in [-0.2, -0.15) is 0 Å². The molecule has 2 aliphatic rings. The number of carbonyl (C=O) groups excluding carboxylic acids is 4. The molecule has 110 heavy (non-hydrogen) atoms. The van der Waals surface area contributed by atoms with Crippen molar-refractivity contribution >= 4 is 164 Å². The number of nitrogens with zero attached hydrogens (tertiary/aromatic N) is 2. The smallest absolute Gasteiger partial charge is 0.261 e. The summed E-state index contributed by atoms with van der Waals surface area (Å²) in [6.45, 7) is 19.0. The van der Waals surface area contributed by atoms with Gasteiger partial charge in [-0.3, -0.25) is 29.0 Å². The minimum atomic E-state index is -0.202. The standard InChI is InChI=1S/C102H118N2O6/c1-9-15-21-27-33-39-57-109-83-61-81-94-82(102(108)104(101(81)107)66(43-37-31-25-19-13-5)44-38-32-26-20-14-6)62-84(110-58-40-34-28-22-16-10-2)96-78-56-52-74-70-48-46-68-72-50-54-76-86-64(8)60-80-93-79(99(105)103(100(80)106)65(41-35-29-23-17-11-3)42-36-30-24-18-12-4)59-63(7)85(97(86)93)75-53-49-71(89(72)91(75)76)67-45-47-69(88(70)87(67)68)73-51-55-77(92(78)90(73)74)95(83)98(94)96/h45-56,59-62,65-66H,9-44,57-58H2,1-8H3. The van der Waals surface area contributed by atoms with Gasteiger partial charge in [0.1, 0.15) is 11.5 Å².